The summed E-state index contributed by atoms with van der Waals surface area (Å²) in [5, 5.41) is 15.5. The fourth-order valence-electron chi connectivity index (χ4n) is 5.29. The van der Waals surface area contributed by atoms with Gasteiger partial charge >= 0.3 is 11.9 Å². The van der Waals surface area contributed by atoms with Gasteiger partial charge in [0.2, 0.25) is 0 Å². The number of carbonyl (C=O) groups excluding carboxylic acids is 1. The van der Waals surface area contributed by atoms with Crippen LogP contribution in [-0.4, -0.2) is 76.8 Å². The van der Waals surface area contributed by atoms with E-state index < -0.39 is 29.3 Å². The molecule has 4 heterocycles. The van der Waals surface area contributed by atoms with Crippen LogP contribution in [0.1, 0.15) is 36.4 Å². The average molecular weight is 608 g/mol. The summed E-state index contributed by atoms with van der Waals surface area (Å²) in [4.78, 5) is 36.7. The van der Waals surface area contributed by atoms with Crippen molar-refractivity contribution in [3.05, 3.63) is 61.9 Å². The molecule has 2 bridgehead atoms. The summed E-state index contributed by atoms with van der Waals surface area (Å²) in [6.07, 6.45) is 2.08. The Hall–Kier alpha value is -2.71. The predicted molar refractivity (Wildman–Crippen MR) is 141 cm³/mol. The largest absolute Gasteiger partial charge is 0.480 e. The van der Waals surface area contributed by atoms with Crippen LogP contribution in [0.2, 0.25) is 0 Å². The van der Waals surface area contributed by atoms with Gasteiger partial charge in [-0.3, -0.25) is 14.7 Å². The molecule has 0 amide bonds. The van der Waals surface area contributed by atoms with Crippen molar-refractivity contribution in [2.75, 3.05) is 26.4 Å². The Morgan fingerprint density at radius 2 is 2.11 bits per heavy atom. The van der Waals surface area contributed by atoms with Gasteiger partial charge in [0.25, 0.3) is 0 Å². The van der Waals surface area contributed by atoms with Gasteiger partial charge in [-0.1, -0.05) is 22.0 Å². The number of aliphatic carboxylic acids is 1. The second-order valence-electron chi connectivity index (χ2n) is 9.51. The van der Waals surface area contributed by atoms with Gasteiger partial charge in [-0.15, -0.1) is 11.3 Å². The van der Waals surface area contributed by atoms with E-state index in [1.165, 1.54) is 23.5 Å². The van der Waals surface area contributed by atoms with Crippen molar-refractivity contribution >= 4 is 45.0 Å². The molecule has 13 heteroatoms. The number of carboxylic acids is 1. The van der Waals surface area contributed by atoms with Crippen LogP contribution in [-0.2, 0) is 19.1 Å². The second-order valence-corrected chi connectivity index (χ2v) is 11.3. The number of carbonyl (C=O) groups is 2. The zero-order valence-electron chi connectivity index (χ0n) is 20.5. The molecule has 4 N–H and O–H groups in total. The van der Waals surface area contributed by atoms with Gasteiger partial charge in [-0.25, -0.2) is 14.2 Å². The first-order chi connectivity index (χ1) is 18.2. The number of benzene rings is 1. The SMILES string of the molecule is CCOC(=O)C1=C(CN2C3COCC2CC(N)(C(=O)O)C3)NC(c2nccs2)=N[C@H]1c1ccc(F)cc1Br. The summed E-state index contributed by atoms with van der Waals surface area (Å²) in [5.41, 5.74) is 6.37. The van der Waals surface area contributed by atoms with E-state index in [2.05, 4.69) is 31.1 Å². The molecule has 1 aromatic heterocycles. The van der Waals surface area contributed by atoms with E-state index in [1.807, 2.05) is 5.38 Å². The molecule has 3 atom stereocenters. The van der Waals surface area contributed by atoms with Crippen LogP contribution in [0.15, 0.2) is 50.5 Å². The number of morpholine rings is 1. The first-order valence-electron chi connectivity index (χ1n) is 12.2. The molecule has 0 aliphatic carbocycles. The smallest absolute Gasteiger partial charge is 0.338 e. The topological polar surface area (TPSA) is 139 Å². The van der Waals surface area contributed by atoms with Crippen molar-refractivity contribution in [2.24, 2.45) is 10.7 Å². The Morgan fingerprint density at radius 3 is 2.71 bits per heavy atom. The number of thiazole rings is 1. The van der Waals surface area contributed by atoms with Gasteiger partial charge in [-0.05, 0) is 37.5 Å². The number of nitrogens with two attached hydrogens (primary N) is 1. The van der Waals surface area contributed by atoms with Crippen LogP contribution < -0.4 is 11.1 Å². The lowest BCUT2D eigenvalue weighted by atomic mass is 9.79. The molecule has 0 spiro atoms. The number of ether oxygens (including phenoxy) is 2. The molecule has 2 fully saturated rings. The summed E-state index contributed by atoms with van der Waals surface area (Å²) in [6.45, 7) is 2.81. The predicted octanol–water partition coefficient (Wildman–Crippen LogP) is 2.60. The Labute approximate surface area is 230 Å². The number of hydrogen-bond donors (Lipinski definition) is 3. The van der Waals surface area contributed by atoms with Gasteiger partial charge in [0.15, 0.2) is 10.8 Å². The number of halogens is 2. The summed E-state index contributed by atoms with van der Waals surface area (Å²) in [5.74, 6) is -1.53. The summed E-state index contributed by atoms with van der Waals surface area (Å²) >= 11 is 4.83. The molecule has 0 saturated carbocycles. The highest BCUT2D eigenvalue weighted by Gasteiger charge is 2.50. The monoisotopic (exact) mass is 607 g/mol. The van der Waals surface area contributed by atoms with Crippen LogP contribution in [0.5, 0.6) is 0 Å². The standard InChI is InChI=1S/C25H27BrFN5O5S/c1-2-37-23(33)19-18(10-32-14-8-25(28,24(34)35)9-15(32)12-36-11-14)30-21(22-29-5-6-38-22)31-20(19)16-4-3-13(27)7-17(16)26/h3-7,14-15,20H,2,8-12,28H2,1H3,(H,30,31)(H,34,35)/t14?,15?,20-,25?/m0/s1. The molecule has 2 unspecified atom stereocenters. The van der Waals surface area contributed by atoms with Crippen molar-refractivity contribution in [3.8, 4) is 0 Å². The van der Waals surface area contributed by atoms with Gasteiger partial charge < -0.3 is 25.6 Å². The minimum atomic E-state index is -1.34. The highest BCUT2D eigenvalue weighted by atomic mass is 79.9. The number of nitrogens with one attached hydrogen (secondary N) is 1. The fraction of sp³-hybridized carbons (Fsp3) is 0.440. The third-order valence-electron chi connectivity index (χ3n) is 7.04. The normalized spacial score (nSPS) is 27.5. The lowest BCUT2D eigenvalue weighted by molar-refractivity contribution is -0.153. The Bertz CT molecular complexity index is 1290. The molecular formula is C25H27BrFN5O5S. The van der Waals surface area contributed by atoms with E-state index in [-0.39, 0.29) is 38.1 Å². The van der Waals surface area contributed by atoms with E-state index in [4.69, 9.17) is 20.2 Å². The minimum Gasteiger partial charge on any atom is -0.480 e. The maximum Gasteiger partial charge on any atom is 0.338 e. The first kappa shape index (κ1) is 26.9. The molecule has 1 aromatic carbocycles. The molecular weight excluding hydrogens is 581 g/mol. The first-order valence-corrected chi connectivity index (χ1v) is 13.8. The number of aliphatic imine (C=N–C) groups is 1. The fourth-order valence-corrected chi connectivity index (χ4v) is 6.44. The summed E-state index contributed by atoms with van der Waals surface area (Å²) < 4.78 is 25.6. The zero-order valence-corrected chi connectivity index (χ0v) is 22.9. The van der Waals surface area contributed by atoms with Crippen molar-refractivity contribution in [1.82, 2.24) is 15.2 Å². The highest BCUT2D eigenvalue weighted by molar-refractivity contribution is 9.10. The van der Waals surface area contributed by atoms with E-state index in [0.717, 1.165) is 0 Å². The number of aromatic nitrogens is 1. The molecule has 2 saturated heterocycles. The number of piperidine rings is 1. The lowest BCUT2D eigenvalue weighted by Crippen LogP contribution is -2.67. The average Bonchev–Trinajstić information content (AvgIpc) is 3.39. The minimum absolute atomic E-state index is 0.160. The molecule has 10 nitrogen and oxygen atoms in total. The van der Waals surface area contributed by atoms with E-state index >= 15 is 0 Å². The molecule has 0 radical (unpaired) electrons. The molecule has 5 rings (SSSR count). The van der Waals surface area contributed by atoms with E-state index in [1.54, 1.807) is 19.2 Å². The maximum absolute atomic E-state index is 14.0. The Balaban J connectivity index is 1.59. The van der Waals surface area contributed by atoms with Crippen LogP contribution in [0.3, 0.4) is 0 Å². The lowest BCUT2D eigenvalue weighted by Gasteiger charge is -2.51. The van der Waals surface area contributed by atoms with Gasteiger partial charge in [0.1, 0.15) is 17.4 Å². The third-order valence-corrected chi connectivity index (χ3v) is 8.50. The van der Waals surface area contributed by atoms with Gasteiger partial charge in [0.05, 0.1) is 25.4 Å². The van der Waals surface area contributed by atoms with Crippen molar-refractivity contribution in [1.29, 1.82) is 0 Å². The number of rotatable bonds is 7. The Kier molecular flexibility index (Phi) is 7.65. The molecule has 3 aliphatic rings. The maximum atomic E-state index is 14.0. The number of amidine groups is 1. The van der Waals surface area contributed by atoms with E-state index in [9.17, 15) is 19.1 Å². The van der Waals surface area contributed by atoms with Crippen molar-refractivity contribution in [2.45, 2.75) is 43.4 Å². The quantitative estimate of drug-likeness (QED) is 0.405. The highest BCUT2D eigenvalue weighted by Crippen LogP contribution is 2.39. The Morgan fingerprint density at radius 1 is 1.37 bits per heavy atom. The zero-order chi connectivity index (χ0) is 27.0. The second kappa shape index (κ2) is 10.8. The summed E-state index contributed by atoms with van der Waals surface area (Å²) in [6, 6.07) is 2.92. The summed E-state index contributed by atoms with van der Waals surface area (Å²) in [7, 11) is 0. The molecule has 3 aliphatic heterocycles. The van der Waals surface area contributed by atoms with Crippen molar-refractivity contribution in [3.63, 3.8) is 0 Å². The number of carboxylic acid groups (broad SMARTS) is 1. The molecule has 202 valence electrons. The molecule has 38 heavy (non-hydrogen) atoms. The number of nitrogens with zero attached hydrogens (tertiary/aromatic N) is 3. The molecule has 2 aromatic rings. The number of hydrogen-bond acceptors (Lipinski definition) is 10. The third kappa shape index (κ3) is 5.13. The van der Waals surface area contributed by atoms with Crippen LogP contribution >= 0.6 is 27.3 Å². The number of esters is 1. The number of fused-ring (bicyclic) bond motifs is 2. The van der Waals surface area contributed by atoms with Gasteiger partial charge in [0, 0.05) is 40.4 Å². The van der Waals surface area contributed by atoms with Gasteiger partial charge in [-0.2, -0.15) is 0 Å². The van der Waals surface area contributed by atoms with Crippen LogP contribution in [0.4, 0.5) is 4.39 Å². The van der Waals surface area contributed by atoms with Crippen LogP contribution in [0, 0.1) is 5.82 Å². The van der Waals surface area contributed by atoms with E-state index in [0.29, 0.717) is 45.4 Å². The van der Waals surface area contributed by atoms with Crippen LogP contribution in [0.25, 0.3) is 0 Å². The van der Waals surface area contributed by atoms with Crippen molar-refractivity contribution < 1.29 is 28.6 Å².